The molecule has 0 saturated carbocycles. The summed E-state index contributed by atoms with van der Waals surface area (Å²) in [5, 5.41) is 5.42. The monoisotopic (exact) mass is 454 g/mol. The molecule has 0 spiro atoms. The van der Waals surface area contributed by atoms with Gasteiger partial charge in [0, 0.05) is 12.6 Å². The third-order valence-corrected chi connectivity index (χ3v) is 4.36. The topological polar surface area (TPSA) is 103 Å². The molecule has 0 unspecified atom stereocenters. The van der Waals surface area contributed by atoms with E-state index in [1.54, 1.807) is 48.5 Å². The molecule has 0 heterocycles. The number of methoxy groups -OCH3 is 1. The van der Waals surface area contributed by atoms with Gasteiger partial charge in [0.1, 0.15) is 0 Å². The summed E-state index contributed by atoms with van der Waals surface area (Å²) in [6, 6.07) is 11.9. The van der Waals surface area contributed by atoms with Crippen molar-refractivity contribution in [1.82, 2.24) is 5.32 Å². The van der Waals surface area contributed by atoms with Crippen LogP contribution in [-0.2, 0) is 14.3 Å². The molecule has 0 atom stereocenters. The molecule has 0 saturated heterocycles. The number of hydrogen-bond acceptors (Lipinski definition) is 6. The zero-order chi connectivity index (χ0) is 24.2. The van der Waals surface area contributed by atoms with Gasteiger partial charge in [0.2, 0.25) is 0 Å². The van der Waals surface area contributed by atoms with Gasteiger partial charge in [0.05, 0.1) is 25.0 Å². The molecule has 0 aliphatic heterocycles. The first-order valence-electron chi connectivity index (χ1n) is 10.7. The maximum atomic E-state index is 12.4. The Kier molecular flexibility index (Phi) is 9.95. The van der Waals surface area contributed by atoms with Crippen LogP contribution in [0.2, 0.25) is 0 Å². The Morgan fingerprint density at radius 1 is 1.06 bits per heavy atom. The molecule has 2 N–H and O–H groups in total. The first-order valence-corrected chi connectivity index (χ1v) is 10.7. The van der Waals surface area contributed by atoms with Gasteiger partial charge in [-0.1, -0.05) is 32.0 Å². The van der Waals surface area contributed by atoms with Crippen molar-refractivity contribution in [2.45, 2.75) is 20.8 Å². The van der Waals surface area contributed by atoms with E-state index in [0.717, 1.165) is 0 Å². The van der Waals surface area contributed by atoms with Gasteiger partial charge >= 0.3 is 5.97 Å². The smallest absolute Gasteiger partial charge is 0.331 e. The number of carbonyl (C=O) groups excluding carboxylic acids is 3. The maximum absolute atomic E-state index is 12.4. The minimum absolute atomic E-state index is 0.287. The van der Waals surface area contributed by atoms with Gasteiger partial charge in [0.15, 0.2) is 18.1 Å². The molecule has 8 heteroatoms. The second-order valence-corrected chi connectivity index (χ2v) is 7.48. The number of hydrogen-bond donors (Lipinski definition) is 2. The molecule has 0 bridgehead atoms. The first kappa shape index (κ1) is 25.5. The molecule has 0 aliphatic carbocycles. The SMILES string of the molecule is CCOc1ccc(/C=C/C(=O)OCC(=O)Nc2ccccc2C(=O)NCC(C)C)cc1OC. The summed E-state index contributed by atoms with van der Waals surface area (Å²) in [4.78, 5) is 36.6. The number of nitrogens with one attached hydrogen (secondary N) is 2. The van der Waals surface area contributed by atoms with Gasteiger partial charge in [-0.2, -0.15) is 0 Å². The second kappa shape index (κ2) is 12.9. The Hall–Kier alpha value is -3.81. The van der Waals surface area contributed by atoms with Crippen molar-refractivity contribution >= 4 is 29.5 Å². The van der Waals surface area contributed by atoms with Crippen LogP contribution in [0.25, 0.3) is 6.08 Å². The normalized spacial score (nSPS) is 10.7. The maximum Gasteiger partial charge on any atom is 0.331 e. The van der Waals surface area contributed by atoms with E-state index in [1.807, 2.05) is 20.8 Å². The molecule has 2 amide bonds. The van der Waals surface area contributed by atoms with Crippen LogP contribution >= 0.6 is 0 Å². The Balaban J connectivity index is 1.91. The Morgan fingerprint density at radius 3 is 2.52 bits per heavy atom. The number of amides is 2. The fourth-order valence-corrected chi connectivity index (χ4v) is 2.78. The Labute approximate surface area is 193 Å². The summed E-state index contributed by atoms with van der Waals surface area (Å²) in [5.41, 5.74) is 1.39. The van der Waals surface area contributed by atoms with Gasteiger partial charge in [-0.05, 0) is 48.7 Å². The molecule has 33 heavy (non-hydrogen) atoms. The lowest BCUT2D eigenvalue weighted by Crippen LogP contribution is -2.29. The summed E-state index contributed by atoms with van der Waals surface area (Å²) < 4.78 is 15.7. The van der Waals surface area contributed by atoms with E-state index in [1.165, 1.54) is 13.2 Å². The van der Waals surface area contributed by atoms with E-state index < -0.39 is 18.5 Å². The molecular formula is C25H30N2O6. The molecule has 0 aliphatic rings. The minimum atomic E-state index is -0.680. The van der Waals surface area contributed by atoms with Crippen LogP contribution in [0.4, 0.5) is 5.69 Å². The number of rotatable bonds is 11. The van der Waals surface area contributed by atoms with Crippen molar-refractivity contribution in [1.29, 1.82) is 0 Å². The number of anilines is 1. The van der Waals surface area contributed by atoms with Gasteiger partial charge in [-0.15, -0.1) is 0 Å². The first-order chi connectivity index (χ1) is 15.8. The van der Waals surface area contributed by atoms with Gasteiger partial charge < -0.3 is 24.8 Å². The number of para-hydroxylation sites is 1. The summed E-state index contributed by atoms with van der Waals surface area (Å²) in [5.74, 6) is -0.0702. The zero-order valence-corrected chi connectivity index (χ0v) is 19.3. The van der Waals surface area contributed by atoms with Crippen molar-refractivity contribution in [2.75, 3.05) is 32.2 Å². The highest BCUT2D eigenvalue weighted by atomic mass is 16.5. The van der Waals surface area contributed by atoms with Crippen LogP contribution in [0.3, 0.4) is 0 Å². The zero-order valence-electron chi connectivity index (χ0n) is 19.3. The Morgan fingerprint density at radius 2 is 1.82 bits per heavy atom. The van der Waals surface area contributed by atoms with Crippen molar-refractivity contribution in [3.05, 3.63) is 59.7 Å². The predicted molar refractivity (Wildman–Crippen MR) is 126 cm³/mol. The van der Waals surface area contributed by atoms with Crippen LogP contribution in [0.5, 0.6) is 11.5 Å². The van der Waals surface area contributed by atoms with Crippen LogP contribution in [0, 0.1) is 5.92 Å². The highest BCUT2D eigenvalue weighted by Gasteiger charge is 2.14. The van der Waals surface area contributed by atoms with E-state index >= 15 is 0 Å². The number of esters is 1. The molecular weight excluding hydrogens is 424 g/mol. The fourth-order valence-electron chi connectivity index (χ4n) is 2.78. The lowest BCUT2D eigenvalue weighted by atomic mass is 10.1. The molecule has 0 fully saturated rings. The van der Waals surface area contributed by atoms with E-state index in [-0.39, 0.29) is 5.91 Å². The molecule has 2 aromatic rings. The van der Waals surface area contributed by atoms with Gasteiger partial charge in [-0.3, -0.25) is 9.59 Å². The average Bonchev–Trinajstić information content (AvgIpc) is 2.81. The molecule has 0 radical (unpaired) electrons. The van der Waals surface area contributed by atoms with Crippen molar-refractivity contribution in [3.63, 3.8) is 0 Å². The van der Waals surface area contributed by atoms with Crippen molar-refractivity contribution in [2.24, 2.45) is 5.92 Å². The van der Waals surface area contributed by atoms with E-state index in [9.17, 15) is 14.4 Å². The summed E-state index contributed by atoms with van der Waals surface area (Å²) >= 11 is 0. The third-order valence-electron chi connectivity index (χ3n) is 4.36. The number of ether oxygens (including phenoxy) is 3. The fraction of sp³-hybridized carbons (Fsp3) is 0.320. The molecule has 0 aromatic heterocycles. The second-order valence-electron chi connectivity index (χ2n) is 7.48. The van der Waals surface area contributed by atoms with E-state index in [2.05, 4.69) is 10.6 Å². The number of benzene rings is 2. The van der Waals surface area contributed by atoms with Crippen LogP contribution in [0.15, 0.2) is 48.5 Å². The van der Waals surface area contributed by atoms with Crippen molar-refractivity contribution < 1.29 is 28.6 Å². The van der Waals surface area contributed by atoms with Crippen LogP contribution < -0.4 is 20.1 Å². The summed E-state index contributed by atoms with van der Waals surface area (Å²) in [6.45, 7) is 6.39. The molecule has 2 aromatic carbocycles. The van der Waals surface area contributed by atoms with Gasteiger partial charge in [-0.25, -0.2) is 4.79 Å². The molecule has 8 nitrogen and oxygen atoms in total. The van der Waals surface area contributed by atoms with Crippen LogP contribution in [-0.4, -0.2) is 44.7 Å². The van der Waals surface area contributed by atoms with E-state index in [0.29, 0.717) is 47.4 Å². The highest BCUT2D eigenvalue weighted by molar-refractivity contribution is 6.04. The standard InChI is InChI=1S/C25H30N2O6/c1-5-32-21-12-10-18(14-22(21)31-4)11-13-24(29)33-16-23(28)27-20-9-7-6-8-19(20)25(30)26-15-17(2)3/h6-14,17H,5,15-16H2,1-4H3,(H,26,30)(H,27,28)/b13-11+. The lowest BCUT2D eigenvalue weighted by Gasteiger charge is -2.12. The summed E-state index contributed by atoms with van der Waals surface area (Å²) in [6.07, 6.45) is 2.77. The number of carbonyl (C=O) groups is 3. The molecule has 176 valence electrons. The quantitative estimate of drug-likeness (QED) is 0.397. The minimum Gasteiger partial charge on any atom is -0.493 e. The molecule has 2 rings (SSSR count). The lowest BCUT2D eigenvalue weighted by molar-refractivity contribution is -0.142. The average molecular weight is 455 g/mol. The summed E-state index contributed by atoms with van der Waals surface area (Å²) in [7, 11) is 1.53. The highest BCUT2D eigenvalue weighted by Crippen LogP contribution is 2.28. The van der Waals surface area contributed by atoms with Crippen LogP contribution in [0.1, 0.15) is 36.7 Å². The van der Waals surface area contributed by atoms with Crippen molar-refractivity contribution in [3.8, 4) is 11.5 Å². The van der Waals surface area contributed by atoms with Gasteiger partial charge in [0.25, 0.3) is 11.8 Å². The largest absolute Gasteiger partial charge is 0.493 e. The third kappa shape index (κ3) is 8.33. The Bertz CT molecular complexity index is 1000. The predicted octanol–water partition coefficient (Wildman–Crippen LogP) is 3.67. The van der Waals surface area contributed by atoms with E-state index in [4.69, 9.17) is 14.2 Å².